The van der Waals surface area contributed by atoms with Crippen LogP contribution in [0.3, 0.4) is 0 Å². The molecule has 1 saturated heterocycles. The highest BCUT2D eigenvalue weighted by Crippen LogP contribution is 2.09. The van der Waals surface area contributed by atoms with Crippen LogP contribution in [0.1, 0.15) is 6.92 Å². The van der Waals surface area contributed by atoms with Crippen molar-refractivity contribution in [2.24, 2.45) is 0 Å². The fraction of sp³-hybridized carbons (Fsp3) is 0.333. The molecular weight excluding hydrogens is 216 g/mol. The standard InChI is InChI=1S/C9H8N2O5/c1-2-15-8(13)6(3-10)4-11-7(12)5-16-9(11)14/h4H,2,5H2,1H3/b6-4-. The first-order valence-electron chi connectivity index (χ1n) is 4.38. The second-order valence-corrected chi connectivity index (χ2v) is 2.69. The first-order chi connectivity index (χ1) is 7.60. The number of carbonyl (C=O) groups excluding carboxylic acids is 3. The number of ether oxygens (including phenoxy) is 2. The molecule has 0 aromatic heterocycles. The van der Waals surface area contributed by atoms with Gasteiger partial charge in [-0.15, -0.1) is 0 Å². The summed E-state index contributed by atoms with van der Waals surface area (Å²) in [6.07, 6.45) is -0.0996. The Balaban J connectivity index is 2.88. The molecule has 1 rings (SSSR count). The highest BCUT2D eigenvalue weighted by Gasteiger charge is 2.30. The number of rotatable bonds is 3. The Kier molecular flexibility index (Phi) is 3.61. The summed E-state index contributed by atoms with van der Waals surface area (Å²) < 4.78 is 8.95. The molecule has 1 aliphatic rings. The zero-order valence-electron chi connectivity index (χ0n) is 8.43. The van der Waals surface area contributed by atoms with E-state index in [4.69, 9.17) is 5.26 Å². The van der Waals surface area contributed by atoms with Crippen LogP contribution in [-0.2, 0) is 19.1 Å². The third-order valence-electron chi connectivity index (χ3n) is 1.66. The molecule has 0 bridgehead atoms. The molecule has 0 aliphatic carbocycles. The fourth-order valence-corrected chi connectivity index (χ4v) is 0.954. The minimum atomic E-state index is -0.915. The van der Waals surface area contributed by atoms with Gasteiger partial charge in [0, 0.05) is 6.20 Å². The van der Waals surface area contributed by atoms with Crippen molar-refractivity contribution >= 4 is 18.0 Å². The first kappa shape index (κ1) is 11.7. The third-order valence-corrected chi connectivity index (χ3v) is 1.66. The highest BCUT2D eigenvalue weighted by atomic mass is 16.6. The van der Waals surface area contributed by atoms with Gasteiger partial charge in [0.1, 0.15) is 6.07 Å². The van der Waals surface area contributed by atoms with Crippen LogP contribution < -0.4 is 0 Å². The summed E-state index contributed by atoms with van der Waals surface area (Å²) in [5.74, 6) is -1.53. The maximum Gasteiger partial charge on any atom is 0.421 e. The Morgan fingerprint density at radius 2 is 2.38 bits per heavy atom. The topological polar surface area (TPSA) is 96.7 Å². The second-order valence-electron chi connectivity index (χ2n) is 2.69. The van der Waals surface area contributed by atoms with Crippen LogP contribution in [0.5, 0.6) is 0 Å². The summed E-state index contributed by atoms with van der Waals surface area (Å²) in [4.78, 5) is 33.8. The van der Waals surface area contributed by atoms with Gasteiger partial charge in [0.15, 0.2) is 12.2 Å². The van der Waals surface area contributed by atoms with Crippen LogP contribution in [0.2, 0.25) is 0 Å². The van der Waals surface area contributed by atoms with Crippen molar-refractivity contribution in [3.05, 3.63) is 11.8 Å². The summed E-state index contributed by atoms with van der Waals surface area (Å²) in [5, 5.41) is 8.65. The average Bonchev–Trinajstić information content (AvgIpc) is 2.56. The number of amides is 2. The molecule has 0 N–H and O–H groups in total. The highest BCUT2D eigenvalue weighted by molar-refractivity contribution is 6.01. The van der Waals surface area contributed by atoms with E-state index in [0.29, 0.717) is 4.90 Å². The SMILES string of the molecule is CCOC(=O)/C(C#N)=C\N1C(=O)COC1=O. The average molecular weight is 224 g/mol. The number of carbonyl (C=O) groups is 3. The number of hydrogen-bond donors (Lipinski definition) is 0. The van der Waals surface area contributed by atoms with E-state index in [9.17, 15) is 14.4 Å². The van der Waals surface area contributed by atoms with Crippen molar-refractivity contribution in [3.63, 3.8) is 0 Å². The summed E-state index contributed by atoms with van der Waals surface area (Å²) in [7, 11) is 0. The van der Waals surface area contributed by atoms with Crippen LogP contribution in [0.25, 0.3) is 0 Å². The minimum Gasteiger partial charge on any atom is -0.462 e. The van der Waals surface area contributed by atoms with Gasteiger partial charge in [0.25, 0.3) is 5.91 Å². The lowest BCUT2D eigenvalue weighted by Crippen LogP contribution is -2.24. The van der Waals surface area contributed by atoms with E-state index < -0.39 is 30.1 Å². The van der Waals surface area contributed by atoms with Gasteiger partial charge in [-0.3, -0.25) is 4.79 Å². The minimum absolute atomic E-state index is 0.0935. The quantitative estimate of drug-likeness (QED) is 0.378. The van der Waals surface area contributed by atoms with Gasteiger partial charge in [-0.1, -0.05) is 0 Å². The van der Waals surface area contributed by atoms with Crippen LogP contribution in [0.15, 0.2) is 11.8 Å². The van der Waals surface area contributed by atoms with Crippen LogP contribution in [0.4, 0.5) is 4.79 Å². The van der Waals surface area contributed by atoms with Crippen molar-refractivity contribution in [2.75, 3.05) is 13.2 Å². The van der Waals surface area contributed by atoms with Crippen molar-refractivity contribution in [1.82, 2.24) is 4.90 Å². The maximum absolute atomic E-state index is 11.2. The van der Waals surface area contributed by atoms with Gasteiger partial charge < -0.3 is 9.47 Å². The van der Waals surface area contributed by atoms with E-state index in [-0.39, 0.29) is 6.61 Å². The molecule has 0 radical (unpaired) electrons. The number of cyclic esters (lactones) is 1. The predicted molar refractivity (Wildman–Crippen MR) is 48.5 cm³/mol. The number of hydrogen-bond acceptors (Lipinski definition) is 6. The van der Waals surface area contributed by atoms with Gasteiger partial charge in [0.05, 0.1) is 6.61 Å². The van der Waals surface area contributed by atoms with Crippen molar-refractivity contribution in [2.45, 2.75) is 6.92 Å². The molecule has 0 unspecified atom stereocenters. The molecule has 84 valence electrons. The molecule has 0 saturated carbocycles. The molecule has 2 amide bonds. The van der Waals surface area contributed by atoms with E-state index in [1.165, 1.54) is 6.07 Å². The van der Waals surface area contributed by atoms with E-state index in [1.54, 1.807) is 6.92 Å². The molecule has 0 aromatic rings. The third kappa shape index (κ3) is 2.36. The number of esters is 1. The largest absolute Gasteiger partial charge is 0.462 e. The molecular formula is C9H8N2O5. The lowest BCUT2D eigenvalue weighted by molar-refractivity contribution is -0.138. The van der Waals surface area contributed by atoms with Crippen LogP contribution >= 0.6 is 0 Å². The van der Waals surface area contributed by atoms with E-state index in [1.807, 2.05) is 0 Å². The molecule has 7 heteroatoms. The zero-order valence-corrected chi connectivity index (χ0v) is 8.43. The number of nitrogens with zero attached hydrogens (tertiary/aromatic N) is 2. The number of imide groups is 1. The molecule has 1 heterocycles. The van der Waals surface area contributed by atoms with E-state index >= 15 is 0 Å². The summed E-state index contributed by atoms with van der Waals surface area (Å²) in [5.41, 5.74) is -0.436. The Morgan fingerprint density at radius 1 is 1.69 bits per heavy atom. The molecule has 1 aliphatic heterocycles. The summed E-state index contributed by atoms with van der Waals surface area (Å²) in [6, 6.07) is 1.54. The molecule has 0 spiro atoms. The van der Waals surface area contributed by atoms with Crippen LogP contribution in [0, 0.1) is 11.3 Å². The Bertz CT molecular complexity index is 391. The molecule has 16 heavy (non-hydrogen) atoms. The molecule has 0 atom stereocenters. The normalized spacial score (nSPS) is 15.8. The second kappa shape index (κ2) is 4.93. The predicted octanol–water partition coefficient (Wildman–Crippen LogP) is -0.0642. The lowest BCUT2D eigenvalue weighted by atomic mass is 10.3. The fourth-order valence-electron chi connectivity index (χ4n) is 0.954. The zero-order chi connectivity index (χ0) is 12.1. The van der Waals surface area contributed by atoms with Crippen molar-refractivity contribution < 1.29 is 23.9 Å². The molecule has 1 fully saturated rings. The van der Waals surface area contributed by atoms with Gasteiger partial charge in [-0.25, -0.2) is 14.5 Å². The van der Waals surface area contributed by atoms with Crippen molar-refractivity contribution in [1.29, 1.82) is 5.26 Å². The smallest absolute Gasteiger partial charge is 0.421 e. The first-order valence-corrected chi connectivity index (χ1v) is 4.38. The lowest BCUT2D eigenvalue weighted by Gasteiger charge is -2.04. The van der Waals surface area contributed by atoms with E-state index in [2.05, 4.69) is 9.47 Å². The Morgan fingerprint density at radius 3 is 2.81 bits per heavy atom. The maximum atomic E-state index is 11.2. The van der Waals surface area contributed by atoms with Gasteiger partial charge in [-0.05, 0) is 6.92 Å². The van der Waals surface area contributed by atoms with Gasteiger partial charge >= 0.3 is 12.1 Å². The Labute approximate surface area is 90.8 Å². The number of nitriles is 1. The summed E-state index contributed by atoms with van der Waals surface area (Å²) in [6.45, 7) is 1.27. The monoisotopic (exact) mass is 224 g/mol. The van der Waals surface area contributed by atoms with Crippen molar-refractivity contribution in [3.8, 4) is 6.07 Å². The Hall–Kier alpha value is -2.36. The molecule has 7 nitrogen and oxygen atoms in total. The van der Waals surface area contributed by atoms with E-state index in [0.717, 1.165) is 6.20 Å². The van der Waals surface area contributed by atoms with Crippen LogP contribution in [-0.4, -0.2) is 36.1 Å². The summed E-state index contributed by atoms with van der Waals surface area (Å²) >= 11 is 0. The van der Waals surface area contributed by atoms with Gasteiger partial charge in [0.2, 0.25) is 0 Å². The molecule has 0 aromatic carbocycles. The van der Waals surface area contributed by atoms with Gasteiger partial charge in [-0.2, -0.15) is 5.26 Å².